The molecule has 0 fully saturated rings. The highest BCUT2D eigenvalue weighted by Gasteiger charge is 2.06. The largest absolute Gasteiger partial charge is 0.462 e. The fraction of sp³-hybridized carbons (Fsp3) is 0.364. The highest BCUT2D eigenvalue weighted by Crippen LogP contribution is 2.25. The van der Waals surface area contributed by atoms with Crippen LogP contribution in [0, 0.1) is 0 Å². The maximum Gasteiger partial charge on any atom is 0.162 e. The summed E-state index contributed by atoms with van der Waals surface area (Å²) < 4.78 is 10.2. The van der Waals surface area contributed by atoms with Crippen LogP contribution in [0.25, 0.3) is 10.8 Å². The minimum atomic E-state index is 0.726. The second-order valence-corrected chi connectivity index (χ2v) is 4.39. The van der Waals surface area contributed by atoms with Crippen LogP contribution >= 0.6 is 11.3 Å². The molecule has 0 radical (unpaired) electrons. The van der Waals surface area contributed by atoms with Gasteiger partial charge >= 0.3 is 0 Å². The van der Waals surface area contributed by atoms with Gasteiger partial charge in [0.05, 0.1) is 12.9 Å². The van der Waals surface area contributed by atoms with Gasteiger partial charge in [0.1, 0.15) is 0 Å². The molecule has 86 valence electrons. The van der Waals surface area contributed by atoms with Crippen LogP contribution in [0.15, 0.2) is 29.0 Å². The summed E-state index contributed by atoms with van der Waals surface area (Å²) >= 11 is 1.64. The van der Waals surface area contributed by atoms with E-state index in [0.717, 1.165) is 30.5 Å². The fourth-order valence-electron chi connectivity index (χ4n) is 1.29. The van der Waals surface area contributed by atoms with Gasteiger partial charge in [0.15, 0.2) is 10.8 Å². The van der Waals surface area contributed by atoms with E-state index in [2.05, 4.69) is 10.3 Å². The lowest BCUT2D eigenvalue weighted by Crippen LogP contribution is -2.17. The maximum atomic E-state index is 5.28. The van der Waals surface area contributed by atoms with Crippen molar-refractivity contribution in [3.05, 3.63) is 29.5 Å². The highest BCUT2D eigenvalue weighted by molar-refractivity contribution is 7.14. The van der Waals surface area contributed by atoms with Crippen molar-refractivity contribution >= 4 is 11.3 Å². The maximum absolute atomic E-state index is 5.28. The number of hydrogen-bond acceptors (Lipinski definition) is 5. The molecule has 0 aliphatic carbocycles. The first-order chi connectivity index (χ1) is 7.90. The highest BCUT2D eigenvalue weighted by atomic mass is 32.1. The van der Waals surface area contributed by atoms with E-state index in [0.29, 0.717) is 0 Å². The van der Waals surface area contributed by atoms with Crippen LogP contribution in [0.3, 0.4) is 0 Å². The number of nitrogens with one attached hydrogen (secondary N) is 1. The molecule has 5 heteroatoms. The Morgan fingerprint density at radius 3 is 3.25 bits per heavy atom. The van der Waals surface area contributed by atoms with Crippen molar-refractivity contribution in [1.82, 2.24) is 10.3 Å². The lowest BCUT2D eigenvalue weighted by Gasteiger charge is -2.00. The quantitative estimate of drug-likeness (QED) is 0.783. The summed E-state index contributed by atoms with van der Waals surface area (Å²) in [5, 5.41) is 4.20. The van der Waals surface area contributed by atoms with Gasteiger partial charge in [-0.25, -0.2) is 4.98 Å². The van der Waals surface area contributed by atoms with Gasteiger partial charge in [0.25, 0.3) is 0 Å². The first kappa shape index (κ1) is 11.3. The summed E-state index contributed by atoms with van der Waals surface area (Å²) in [6, 6.07) is 3.79. The molecule has 0 saturated carbocycles. The third kappa shape index (κ3) is 2.91. The van der Waals surface area contributed by atoms with Crippen molar-refractivity contribution in [3.63, 3.8) is 0 Å². The topological polar surface area (TPSA) is 47.3 Å². The molecule has 16 heavy (non-hydrogen) atoms. The molecular formula is C11H14N2O2S. The molecule has 1 N–H and O–H groups in total. The van der Waals surface area contributed by atoms with Gasteiger partial charge in [-0.05, 0) is 12.1 Å². The van der Waals surface area contributed by atoms with E-state index in [4.69, 9.17) is 9.15 Å². The number of methoxy groups -OCH3 is 1. The van der Waals surface area contributed by atoms with Gasteiger partial charge in [0.2, 0.25) is 0 Å². The minimum Gasteiger partial charge on any atom is -0.462 e. The van der Waals surface area contributed by atoms with Crippen molar-refractivity contribution < 1.29 is 9.15 Å². The standard InChI is InChI=1S/C11H14N2O2S/c1-14-6-4-12-7-9-8-13-11(16-9)10-3-2-5-15-10/h2-3,5,8,12H,4,6-7H2,1H3. The second-order valence-electron chi connectivity index (χ2n) is 3.28. The molecule has 2 rings (SSSR count). The Balaban J connectivity index is 1.88. The lowest BCUT2D eigenvalue weighted by molar-refractivity contribution is 0.199. The third-order valence-electron chi connectivity index (χ3n) is 2.07. The van der Waals surface area contributed by atoms with Crippen LogP contribution in [-0.2, 0) is 11.3 Å². The van der Waals surface area contributed by atoms with E-state index < -0.39 is 0 Å². The van der Waals surface area contributed by atoms with Crippen LogP contribution in [0.1, 0.15) is 4.88 Å². The van der Waals surface area contributed by atoms with E-state index in [1.54, 1.807) is 24.7 Å². The van der Waals surface area contributed by atoms with Gasteiger partial charge in [-0.15, -0.1) is 11.3 Å². The third-order valence-corrected chi connectivity index (χ3v) is 3.08. The molecule has 0 amide bonds. The van der Waals surface area contributed by atoms with Gasteiger partial charge in [-0.1, -0.05) is 0 Å². The summed E-state index contributed by atoms with van der Waals surface area (Å²) in [5.74, 6) is 0.827. The van der Waals surface area contributed by atoms with E-state index in [9.17, 15) is 0 Å². The Morgan fingerprint density at radius 1 is 1.56 bits per heavy atom. The Hall–Kier alpha value is -1.17. The number of hydrogen-bond donors (Lipinski definition) is 1. The molecule has 0 aromatic carbocycles. The molecule has 0 atom stereocenters. The fourth-order valence-corrected chi connectivity index (χ4v) is 2.14. The monoisotopic (exact) mass is 238 g/mol. The van der Waals surface area contributed by atoms with Crippen LogP contribution in [0.5, 0.6) is 0 Å². The molecule has 2 heterocycles. The number of aromatic nitrogens is 1. The summed E-state index contributed by atoms with van der Waals surface area (Å²) in [6.07, 6.45) is 3.54. The number of thiazole rings is 1. The molecule has 0 spiro atoms. The number of furan rings is 1. The molecule has 0 unspecified atom stereocenters. The molecule has 0 bridgehead atoms. The number of nitrogens with zero attached hydrogens (tertiary/aromatic N) is 1. The zero-order valence-corrected chi connectivity index (χ0v) is 9.92. The Kier molecular flexibility index (Phi) is 4.10. The Labute approximate surface area is 98.3 Å². The summed E-state index contributed by atoms with van der Waals surface area (Å²) in [4.78, 5) is 5.51. The van der Waals surface area contributed by atoms with E-state index in [1.807, 2.05) is 18.3 Å². The Morgan fingerprint density at radius 2 is 2.50 bits per heavy atom. The lowest BCUT2D eigenvalue weighted by atomic mass is 10.5. The number of rotatable bonds is 6. The molecular weight excluding hydrogens is 224 g/mol. The zero-order chi connectivity index (χ0) is 11.2. The van der Waals surface area contributed by atoms with E-state index in [1.165, 1.54) is 4.88 Å². The first-order valence-electron chi connectivity index (χ1n) is 5.08. The Bertz CT molecular complexity index is 411. The van der Waals surface area contributed by atoms with Crippen LogP contribution in [0.2, 0.25) is 0 Å². The zero-order valence-electron chi connectivity index (χ0n) is 9.10. The molecule has 2 aromatic heterocycles. The van der Waals surface area contributed by atoms with E-state index in [-0.39, 0.29) is 0 Å². The first-order valence-corrected chi connectivity index (χ1v) is 5.90. The average Bonchev–Trinajstić information content (AvgIpc) is 2.94. The van der Waals surface area contributed by atoms with Crippen molar-refractivity contribution in [2.75, 3.05) is 20.3 Å². The molecule has 4 nitrogen and oxygen atoms in total. The normalized spacial score (nSPS) is 10.8. The van der Waals surface area contributed by atoms with Crippen molar-refractivity contribution in [3.8, 4) is 10.8 Å². The molecule has 0 aliphatic heterocycles. The second kappa shape index (κ2) is 5.79. The smallest absolute Gasteiger partial charge is 0.162 e. The SMILES string of the molecule is COCCNCc1cnc(-c2ccco2)s1. The van der Waals surface area contributed by atoms with Gasteiger partial charge < -0.3 is 14.5 Å². The van der Waals surface area contributed by atoms with Crippen molar-refractivity contribution in [2.45, 2.75) is 6.54 Å². The van der Waals surface area contributed by atoms with Gasteiger partial charge in [-0.2, -0.15) is 0 Å². The molecule has 0 saturated heterocycles. The van der Waals surface area contributed by atoms with Gasteiger partial charge in [0, 0.05) is 31.3 Å². The van der Waals surface area contributed by atoms with E-state index >= 15 is 0 Å². The summed E-state index contributed by atoms with van der Waals surface area (Å²) in [5.41, 5.74) is 0. The molecule has 0 aliphatic rings. The predicted octanol–water partition coefficient (Wildman–Crippen LogP) is 2.14. The van der Waals surface area contributed by atoms with Crippen LogP contribution in [0.4, 0.5) is 0 Å². The predicted molar refractivity (Wildman–Crippen MR) is 63.4 cm³/mol. The van der Waals surface area contributed by atoms with Crippen LogP contribution < -0.4 is 5.32 Å². The molecule has 2 aromatic rings. The van der Waals surface area contributed by atoms with Crippen LogP contribution in [-0.4, -0.2) is 25.2 Å². The average molecular weight is 238 g/mol. The minimum absolute atomic E-state index is 0.726. The number of ether oxygens (including phenoxy) is 1. The summed E-state index contributed by atoms with van der Waals surface area (Å²) in [6.45, 7) is 2.40. The van der Waals surface area contributed by atoms with Crippen molar-refractivity contribution in [2.24, 2.45) is 0 Å². The van der Waals surface area contributed by atoms with Gasteiger partial charge in [-0.3, -0.25) is 0 Å². The van der Waals surface area contributed by atoms with Crippen molar-refractivity contribution in [1.29, 1.82) is 0 Å². The summed E-state index contributed by atoms with van der Waals surface area (Å²) in [7, 11) is 1.70.